The first-order chi connectivity index (χ1) is 14.1. The van der Waals surface area contributed by atoms with Crippen LogP contribution < -0.4 is 4.74 Å². The van der Waals surface area contributed by atoms with Gasteiger partial charge in [0.25, 0.3) is 0 Å². The van der Waals surface area contributed by atoms with Gasteiger partial charge in [0, 0.05) is 13.0 Å². The van der Waals surface area contributed by atoms with Crippen molar-refractivity contribution < 1.29 is 14.6 Å². The van der Waals surface area contributed by atoms with Crippen molar-refractivity contribution in [2.45, 2.75) is 38.9 Å². The highest BCUT2D eigenvalue weighted by atomic mass is 16.5. The van der Waals surface area contributed by atoms with E-state index >= 15 is 0 Å². The Hall–Kier alpha value is -3.35. The van der Waals surface area contributed by atoms with Gasteiger partial charge in [-0.2, -0.15) is 0 Å². The van der Waals surface area contributed by atoms with Gasteiger partial charge in [-0.3, -0.25) is 4.79 Å². The molecule has 3 aromatic rings. The summed E-state index contributed by atoms with van der Waals surface area (Å²) in [4.78, 5) is 14.8. The number of fused-ring (bicyclic) bond motifs is 1. The van der Waals surface area contributed by atoms with Crippen molar-refractivity contribution in [1.29, 1.82) is 0 Å². The number of phenols is 1. The standard InChI is InChI=1S/C22H24N4O3/c1-15-22(28)25(13-16-7-10-18(29-2)11-8-16)14-21-24-23-20(26(15)21)12-9-17-5-3-4-6-19(17)27/h3-8,10-11,15,27H,9,12-14H2,1-2H3/t15-/m0/s1. The fraction of sp³-hybridized carbons (Fsp3) is 0.318. The number of para-hydroxylation sites is 1. The van der Waals surface area contributed by atoms with Crippen LogP contribution in [-0.4, -0.2) is 37.8 Å². The van der Waals surface area contributed by atoms with Gasteiger partial charge in [0.15, 0.2) is 5.82 Å². The van der Waals surface area contributed by atoms with Gasteiger partial charge in [-0.15, -0.1) is 10.2 Å². The number of carbonyl (C=O) groups is 1. The first-order valence-corrected chi connectivity index (χ1v) is 9.68. The Morgan fingerprint density at radius 1 is 1.10 bits per heavy atom. The first kappa shape index (κ1) is 19.0. The number of hydrogen-bond donors (Lipinski definition) is 1. The van der Waals surface area contributed by atoms with Crippen molar-refractivity contribution in [2.24, 2.45) is 0 Å². The van der Waals surface area contributed by atoms with Crippen LogP contribution in [0.15, 0.2) is 48.5 Å². The Morgan fingerprint density at radius 2 is 1.86 bits per heavy atom. The zero-order chi connectivity index (χ0) is 20.4. The van der Waals surface area contributed by atoms with Crippen LogP contribution in [0.3, 0.4) is 0 Å². The minimum Gasteiger partial charge on any atom is -0.508 e. The lowest BCUT2D eigenvalue weighted by molar-refractivity contribution is -0.137. The van der Waals surface area contributed by atoms with Crippen LogP contribution >= 0.6 is 0 Å². The van der Waals surface area contributed by atoms with Crippen molar-refractivity contribution in [2.75, 3.05) is 7.11 Å². The number of hydrogen-bond acceptors (Lipinski definition) is 5. The third kappa shape index (κ3) is 3.81. The highest BCUT2D eigenvalue weighted by molar-refractivity contribution is 5.81. The molecule has 1 aliphatic rings. The Labute approximate surface area is 169 Å². The number of aromatic hydroxyl groups is 1. The molecule has 0 fully saturated rings. The van der Waals surface area contributed by atoms with E-state index in [1.54, 1.807) is 19.2 Å². The zero-order valence-electron chi connectivity index (χ0n) is 16.6. The molecule has 1 atom stereocenters. The van der Waals surface area contributed by atoms with Gasteiger partial charge in [0.1, 0.15) is 23.4 Å². The molecule has 150 valence electrons. The Balaban J connectivity index is 1.49. The van der Waals surface area contributed by atoms with Crippen molar-refractivity contribution in [3.05, 3.63) is 71.3 Å². The second kappa shape index (κ2) is 7.95. The van der Waals surface area contributed by atoms with Crippen LogP contribution in [0.2, 0.25) is 0 Å². The van der Waals surface area contributed by atoms with Crippen LogP contribution in [0.4, 0.5) is 0 Å². The summed E-state index contributed by atoms with van der Waals surface area (Å²) in [5.41, 5.74) is 1.90. The van der Waals surface area contributed by atoms with Crippen LogP contribution in [0, 0.1) is 0 Å². The highest BCUT2D eigenvalue weighted by Crippen LogP contribution is 2.26. The Morgan fingerprint density at radius 3 is 2.59 bits per heavy atom. The summed E-state index contributed by atoms with van der Waals surface area (Å²) in [6.45, 7) is 2.84. The molecule has 1 aromatic heterocycles. The Kier molecular flexibility index (Phi) is 5.20. The molecule has 1 N–H and O–H groups in total. The SMILES string of the molecule is COc1ccc(CN2Cc3nnc(CCc4ccccc4O)n3[C@@H](C)C2=O)cc1. The molecule has 2 aromatic carbocycles. The molecule has 1 amide bonds. The maximum absolute atomic E-state index is 13.0. The summed E-state index contributed by atoms with van der Waals surface area (Å²) in [5, 5.41) is 18.6. The van der Waals surface area contributed by atoms with Crippen LogP contribution in [-0.2, 0) is 30.7 Å². The maximum Gasteiger partial charge on any atom is 0.246 e. The number of nitrogens with zero attached hydrogens (tertiary/aromatic N) is 4. The lowest BCUT2D eigenvalue weighted by Gasteiger charge is -2.32. The zero-order valence-corrected chi connectivity index (χ0v) is 16.6. The maximum atomic E-state index is 13.0. The first-order valence-electron chi connectivity index (χ1n) is 9.68. The molecule has 29 heavy (non-hydrogen) atoms. The smallest absolute Gasteiger partial charge is 0.246 e. The minimum absolute atomic E-state index is 0.0527. The summed E-state index contributed by atoms with van der Waals surface area (Å²) < 4.78 is 7.13. The molecule has 0 saturated heterocycles. The van der Waals surface area contributed by atoms with Crippen molar-refractivity contribution in [1.82, 2.24) is 19.7 Å². The number of aryl methyl sites for hydroxylation is 2. The molecular formula is C22H24N4O3. The molecule has 0 unspecified atom stereocenters. The molecule has 4 rings (SSSR count). The van der Waals surface area contributed by atoms with Crippen LogP contribution in [0.25, 0.3) is 0 Å². The van der Waals surface area contributed by atoms with E-state index in [0.717, 1.165) is 28.5 Å². The molecule has 2 heterocycles. The summed E-state index contributed by atoms with van der Waals surface area (Å²) in [7, 11) is 1.63. The van der Waals surface area contributed by atoms with E-state index in [1.807, 2.05) is 52.8 Å². The summed E-state index contributed by atoms with van der Waals surface area (Å²) in [5.74, 6) is 2.68. The molecule has 1 aliphatic heterocycles. The van der Waals surface area contributed by atoms with Crippen molar-refractivity contribution in [3.63, 3.8) is 0 Å². The molecule has 0 bridgehead atoms. The summed E-state index contributed by atoms with van der Waals surface area (Å²) in [6, 6.07) is 14.6. The topological polar surface area (TPSA) is 80.5 Å². The molecule has 0 aliphatic carbocycles. The molecular weight excluding hydrogens is 368 g/mol. The number of rotatable bonds is 6. The fourth-order valence-electron chi connectivity index (χ4n) is 3.76. The number of benzene rings is 2. The largest absolute Gasteiger partial charge is 0.508 e. The molecule has 7 nitrogen and oxygen atoms in total. The van der Waals surface area contributed by atoms with Gasteiger partial charge in [-0.05, 0) is 42.7 Å². The van der Waals surface area contributed by atoms with Crippen molar-refractivity contribution in [3.8, 4) is 11.5 Å². The number of aromatic nitrogens is 3. The normalized spacial score (nSPS) is 16.0. The van der Waals surface area contributed by atoms with Crippen molar-refractivity contribution >= 4 is 5.91 Å². The number of ether oxygens (including phenoxy) is 1. The van der Waals surface area contributed by atoms with E-state index in [4.69, 9.17) is 4.74 Å². The number of phenolic OH excluding ortho intramolecular Hbond substituents is 1. The third-order valence-corrected chi connectivity index (χ3v) is 5.37. The predicted octanol–water partition coefficient (Wildman–Crippen LogP) is 2.88. The van der Waals surface area contributed by atoms with E-state index in [1.165, 1.54) is 0 Å². The van der Waals surface area contributed by atoms with E-state index in [0.29, 0.717) is 25.9 Å². The van der Waals surface area contributed by atoms with E-state index in [9.17, 15) is 9.90 Å². The number of carbonyl (C=O) groups excluding carboxylic acids is 1. The highest BCUT2D eigenvalue weighted by Gasteiger charge is 2.33. The monoisotopic (exact) mass is 392 g/mol. The van der Waals surface area contributed by atoms with E-state index in [-0.39, 0.29) is 17.7 Å². The number of amides is 1. The molecule has 0 radical (unpaired) electrons. The van der Waals surface area contributed by atoms with E-state index < -0.39 is 0 Å². The van der Waals surface area contributed by atoms with Crippen LogP contribution in [0.5, 0.6) is 11.5 Å². The second-order valence-corrected chi connectivity index (χ2v) is 7.25. The average Bonchev–Trinajstić information content (AvgIpc) is 3.14. The van der Waals surface area contributed by atoms with Gasteiger partial charge < -0.3 is 19.3 Å². The van der Waals surface area contributed by atoms with E-state index in [2.05, 4.69) is 10.2 Å². The lowest BCUT2D eigenvalue weighted by atomic mass is 10.1. The third-order valence-electron chi connectivity index (χ3n) is 5.37. The minimum atomic E-state index is -0.355. The van der Waals surface area contributed by atoms with Gasteiger partial charge in [-0.25, -0.2) is 0 Å². The van der Waals surface area contributed by atoms with Gasteiger partial charge in [0.2, 0.25) is 5.91 Å². The number of methoxy groups -OCH3 is 1. The van der Waals surface area contributed by atoms with Gasteiger partial charge in [0.05, 0.1) is 13.7 Å². The summed E-state index contributed by atoms with van der Waals surface area (Å²) >= 11 is 0. The molecule has 0 spiro atoms. The second-order valence-electron chi connectivity index (χ2n) is 7.25. The summed E-state index contributed by atoms with van der Waals surface area (Å²) in [6.07, 6.45) is 1.25. The quantitative estimate of drug-likeness (QED) is 0.698. The fourth-order valence-corrected chi connectivity index (χ4v) is 3.76. The average molecular weight is 392 g/mol. The Bertz CT molecular complexity index is 1010. The lowest BCUT2D eigenvalue weighted by Crippen LogP contribution is -2.41. The van der Waals surface area contributed by atoms with Gasteiger partial charge in [-0.1, -0.05) is 30.3 Å². The molecule has 0 saturated carbocycles. The molecule has 7 heteroatoms. The van der Waals surface area contributed by atoms with Crippen LogP contribution in [0.1, 0.15) is 35.7 Å². The predicted molar refractivity (Wildman–Crippen MR) is 107 cm³/mol. The van der Waals surface area contributed by atoms with Gasteiger partial charge >= 0.3 is 0 Å².